The Hall–Kier alpha value is -0.173. The lowest BCUT2D eigenvalue weighted by Gasteiger charge is -2.32. The van der Waals surface area contributed by atoms with Crippen LogP contribution in [0.15, 0.2) is 16.0 Å². The van der Waals surface area contributed by atoms with Crippen molar-refractivity contribution in [3.05, 3.63) is 11.8 Å². The SMILES string of the molecule is CSc1cc(C)nc(SCC(O[SiH](C)C)C(C)(C)C)c1N. The van der Waals surface area contributed by atoms with Gasteiger partial charge in [-0.25, -0.2) is 4.98 Å². The number of anilines is 1. The van der Waals surface area contributed by atoms with Gasteiger partial charge < -0.3 is 10.2 Å². The van der Waals surface area contributed by atoms with Gasteiger partial charge in [-0.05, 0) is 37.8 Å². The minimum Gasteiger partial charge on any atom is -0.416 e. The maximum absolute atomic E-state index is 6.22. The average molecular weight is 345 g/mol. The van der Waals surface area contributed by atoms with E-state index < -0.39 is 9.04 Å². The maximum Gasteiger partial charge on any atom is 0.171 e. The second kappa shape index (κ2) is 7.90. The van der Waals surface area contributed by atoms with E-state index in [1.54, 1.807) is 23.5 Å². The van der Waals surface area contributed by atoms with Crippen LogP contribution in [0.2, 0.25) is 13.1 Å². The Balaban J connectivity index is 2.87. The number of rotatable bonds is 6. The van der Waals surface area contributed by atoms with Gasteiger partial charge in [0, 0.05) is 16.3 Å². The van der Waals surface area contributed by atoms with Crippen LogP contribution in [0.25, 0.3) is 0 Å². The van der Waals surface area contributed by atoms with Gasteiger partial charge in [0.05, 0.1) is 11.8 Å². The molecule has 2 N–H and O–H groups in total. The molecule has 0 aliphatic rings. The normalized spacial score (nSPS) is 13.7. The number of hydrogen-bond acceptors (Lipinski definition) is 5. The summed E-state index contributed by atoms with van der Waals surface area (Å²) in [5, 5.41) is 0.933. The molecule has 1 aromatic heterocycles. The molecule has 1 atom stereocenters. The molecular weight excluding hydrogens is 316 g/mol. The number of thioether (sulfide) groups is 2. The van der Waals surface area contributed by atoms with Gasteiger partial charge in [0.25, 0.3) is 0 Å². The molecule has 0 aromatic carbocycles. The zero-order chi connectivity index (χ0) is 16.2. The quantitative estimate of drug-likeness (QED) is 0.619. The van der Waals surface area contributed by atoms with Crippen molar-refractivity contribution in [3.8, 4) is 0 Å². The first kappa shape index (κ1) is 18.9. The summed E-state index contributed by atoms with van der Waals surface area (Å²) in [6, 6.07) is 2.04. The fraction of sp³-hybridized carbons (Fsp3) is 0.667. The number of aryl methyl sites for hydroxylation is 1. The van der Waals surface area contributed by atoms with Crippen LogP contribution in [-0.2, 0) is 4.43 Å². The number of nitrogen functional groups attached to an aromatic ring is 1. The molecule has 1 heterocycles. The zero-order valence-corrected chi connectivity index (χ0v) is 17.0. The largest absolute Gasteiger partial charge is 0.416 e. The molecule has 21 heavy (non-hydrogen) atoms. The molecule has 3 nitrogen and oxygen atoms in total. The summed E-state index contributed by atoms with van der Waals surface area (Å²) in [4.78, 5) is 5.70. The summed E-state index contributed by atoms with van der Waals surface area (Å²) in [7, 11) is -1.06. The lowest BCUT2D eigenvalue weighted by atomic mass is 9.90. The van der Waals surface area contributed by atoms with Crippen LogP contribution in [0.4, 0.5) is 5.69 Å². The number of nitrogens with two attached hydrogens (primary N) is 1. The summed E-state index contributed by atoms with van der Waals surface area (Å²) in [6.07, 6.45) is 2.28. The Morgan fingerprint density at radius 1 is 1.38 bits per heavy atom. The number of pyridine rings is 1. The van der Waals surface area contributed by atoms with Crippen LogP contribution in [0.1, 0.15) is 26.5 Å². The second-order valence-corrected chi connectivity index (χ2v) is 10.8. The van der Waals surface area contributed by atoms with Crippen LogP contribution >= 0.6 is 23.5 Å². The van der Waals surface area contributed by atoms with E-state index in [1.165, 1.54) is 0 Å². The molecular formula is C15H28N2OS2Si. The fourth-order valence-electron chi connectivity index (χ4n) is 1.88. The van der Waals surface area contributed by atoms with E-state index in [9.17, 15) is 0 Å². The molecule has 0 radical (unpaired) electrons. The summed E-state index contributed by atoms with van der Waals surface area (Å²) >= 11 is 3.39. The van der Waals surface area contributed by atoms with Crippen molar-refractivity contribution in [1.29, 1.82) is 0 Å². The first-order valence-corrected chi connectivity index (χ1v) is 12.2. The maximum atomic E-state index is 6.22. The fourth-order valence-corrected chi connectivity index (χ4v) is 5.21. The van der Waals surface area contributed by atoms with E-state index in [-0.39, 0.29) is 11.5 Å². The monoisotopic (exact) mass is 344 g/mol. The second-order valence-electron chi connectivity index (χ2n) is 6.54. The average Bonchev–Trinajstić information content (AvgIpc) is 2.35. The molecule has 1 rings (SSSR count). The third kappa shape index (κ3) is 5.85. The van der Waals surface area contributed by atoms with Crippen LogP contribution in [-0.4, -0.2) is 32.1 Å². The Bertz CT molecular complexity index is 475. The van der Waals surface area contributed by atoms with Gasteiger partial charge in [-0.1, -0.05) is 20.8 Å². The Morgan fingerprint density at radius 3 is 2.48 bits per heavy atom. The van der Waals surface area contributed by atoms with Crippen molar-refractivity contribution in [3.63, 3.8) is 0 Å². The van der Waals surface area contributed by atoms with Gasteiger partial charge in [0.2, 0.25) is 0 Å². The summed E-state index contributed by atoms with van der Waals surface area (Å²) in [5.41, 5.74) is 8.17. The Morgan fingerprint density at radius 2 is 2.00 bits per heavy atom. The molecule has 0 fully saturated rings. The van der Waals surface area contributed by atoms with Crippen molar-refractivity contribution in [2.45, 2.75) is 56.8 Å². The van der Waals surface area contributed by atoms with E-state index in [2.05, 4.69) is 38.8 Å². The van der Waals surface area contributed by atoms with E-state index in [0.717, 1.165) is 27.1 Å². The molecule has 1 aromatic rings. The molecule has 120 valence electrons. The first-order valence-electron chi connectivity index (χ1n) is 7.24. The number of aromatic nitrogens is 1. The van der Waals surface area contributed by atoms with Gasteiger partial charge in [0.1, 0.15) is 5.03 Å². The van der Waals surface area contributed by atoms with Crippen LogP contribution in [0, 0.1) is 12.3 Å². The first-order chi connectivity index (χ1) is 9.65. The molecule has 0 bridgehead atoms. The highest BCUT2D eigenvalue weighted by atomic mass is 32.2. The molecule has 0 saturated heterocycles. The molecule has 0 spiro atoms. The van der Waals surface area contributed by atoms with Gasteiger partial charge in [-0.15, -0.1) is 23.5 Å². The molecule has 0 aliphatic heterocycles. The van der Waals surface area contributed by atoms with Gasteiger partial charge >= 0.3 is 0 Å². The van der Waals surface area contributed by atoms with Gasteiger partial charge in [0.15, 0.2) is 9.04 Å². The van der Waals surface area contributed by atoms with E-state index in [1.807, 2.05) is 19.2 Å². The van der Waals surface area contributed by atoms with E-state index >= 15 is 0 Å². The third-order valence-corrected chi connectivity index (χ3v) is 5.81. The lowest BCUT2D eigenvalue weighted by Crippen LogP contribution is -2.35. The minimum atomic E-state index is -1.06. The summed E-state index contributed by atoms with van der Waals surface area (Å²) < 4.78 is 6.21. The molecule has 0 saturated carbocycles. The van der Waals surface area contributed by atoms with E-state index in [4.69, 9.17) is 10.2 Å². The van der Waals surface area contributed by atoms with Crippen LogP contribution in [0.3, 0.4) is 0 Å². The van der Waals surface area contributed by atoms with Crippen molar-refractivity contribution >= 4 is 38.3 Å². The molecule has 0 aliphatic carbocycles. The van der Waals surface area contributed by atoms with Gasteiger partial charge in [-0.3, -0.25) is 0 Å². The highest BCUT2D eigenvalue weighted by Gasteiger charge is 2.27. The predicted octanol–water partition coefficient (Wildman–Crippen LogP) is 4.20. The van der Waals surface area contributed by atoms with Crippen LogP contribution in [0.5, 0.6) is 0 Å². The standard InChI is InChI=1S/C15H28N2OS2Si/c1-10-8-11(19-5)13(16)14(17-10)20-9-12(15(2,3)4)18-21(6)7/h8,12,21H,9,16H2,1-7H3. The molecule has 6 heteroatoms. The molecule has 0 amide bonds. The number of hydrogen-bond donors (Lipinski definition) is 1. The van der Waals surface area contributed by atoms with Crippen molar-refractivity contribution in [2.75, 3.05) is 17.7 Å². The third-order valence-electron chi connectivity index (χ3n) is 3.11. The highest BCUT2D eigenvalue weighted by Crippen LogP contribution is 2.35. The van der Waals surface area contributed by atoms with Crippen LogP contribution < -0.4 is 5.73 Å². The summed E-state index contributed by atoms with van der Waals surface area (Å²) in [5.74, 6) is 0.892. The number of nitrogens with zero attached hydrogens (tertiary/aromatic N) is 1. The highest BCUT2D eigenvalue weighted by molar-refractivity contribution is 8.00. The lowest BCUT2D eigenvalue weighted by molar-refractivity contribution is 0.108. The predicted molar refractivity (Wildman–Crippen MR) is 99.1 cm³/mol. The Kier molecular flexibility index (Phi) is 7.10. The minimum absolute atomic E-state index is 0.130. The van der Waals surface area contributed by atoms with Crippen molar-refractivity contribution < 1.29 is 4.43 Å². The van der Waals surface area contributed by atoms with Crippen molar-refractivity contribution in [2.24, 2.45) is 5.41 Å². The smallest absolute Gasteiger partial charge is 0.171 e. The topological polar surface area (TPSA) is 48.1 Å². The Labute approximate surface area is 139 Å². The van der Waals surface area contributed by atoms with Gasteiger partial charge in [-0.2, -0.15) is 0 Å². The van der Waals surface area contributed by atoms with Crippen molar-refractivity contribution in [1.82, 2.24) is 4.98 Å². The zero-order valence-electron chi connectivity index (χ0n) is 14.2. The van der Waals surface area contributed by atoms with E-state index in [0.29, 0.717) is 0 Å². The summed E-state index contributed by atoms with van der Waals surface area (Å²) in [6.45, 7) is 13.1. The molecule has 1 unspecified atom stereocenters.